The number of para-hydroxylation sites is 1. The van der Waals surface area contributed by atoms with E-state index in [2.05, 4.69) is 5.32 Å². The van der Waals surface area contributed by atoms with E-state index in [1.807, 2.05) is 30.3 Å². The Bertz CT molecular complexity index is 351. The van der Waals surface area contributed by atoms with Crippen LogP contribution in [0.5, 0.6) is 0 Å². The predicted molar refractivity (Wildman–Crippen MR) is 61.1 cm³/mol. The second kappa shape index (κ2) is 4.96. The average molecular weight is 244 g/mol. The van der Waals surface area contributed by atoms with E-state index in [1.165, 1.54) is 0 Å². The quantitative estimate of drug-likeness (QED) is 0.815. The van der Waals surface area contributed by atoms with Crippen LogP contribution in [0.25, 0.3) is 0 Å². The lowest BCUT2D eigenvalue weighted by molar-refractivity contribution is -0.169. The lowest BCUT2D eigenvalue weighted by atomic mass is 10.1. The zero-order valence-corrected chi connectivity index (χ0v) is 9.37. The van der Waals surface area contributed by atoms with Crippen molar-refractivity contribution in [3.05, 3.63) is 30.3 Å². The van der Waals surface area contributed by atoms with Crippen LogP contribution in [0.1, 0.15) is 0 Å². The molecule has 1 aromatic rings. The van der Waals surface area contributed by atoms with Gasteiger partial charge in [0.1, 0.15) is 0 Å². The summed E-state index contributed by atoms with van der Waals surface area (Å²) in [5, 5.41) is 2.84. The van der Waals surface area contributed by atoms with Crippen LogP contribution in [-0.2, 0) is 0 Å². The molecule has 0 bridgehead atoms. The van der Waals surface area contributed by atoms with Crippen LogP contribution >= 0.6 is 0 Å². The highest BCUT2D eigenvalue weighted by molar-refractivity contribution is 5.46. The number of anilines is 1. The molecule has 1 unspecified atom stereocenters. The lowest BCUT2D eigenvalue weighted by Crippen LogP contribution is -2.38. The minimum atomic E-state index is -4.13. The minimum Gasteiger partial charge on any atom is -0.370 e. The third kappa shape index (κ3) is 3.12. The van der Waals surface area contributed by atoms with Gasteiger partial charge in [-0.15, -0.1) is 0 Å². The SMILES string of the molecule is FC(F)(F)C1CNCCN(c2ccccc2)C1. The average Bonchev–Trinajstić information content (AvgIpc) is 2.55. The molecule has 1 aliphatic rings. The van der Waals surface area contributed by atoms with Crippen molar-refractivity contribution >= 4 is 5.69 Å². The van der Waals surface area contributed by atoms with Gasteiger partial charge in [0, 0.05) is 31.9 Å². The molecule has 5 heteroatoms. The maximum Gasteiger partial charge on any atom is 0.394 e. The van der Waals surface area contributed by atoms with Gasteiger partial charge in [-0.2, -0.15) is 13.2 Å². The highest BCUT2D eigenvalue weighted by Crippen LogP contribution is 2.28. The van der Waals surface area contributed by atoms with Gasteiger partial charge in [-0.25, -0.2) is 0 Å². The summed E-state index contributed by atoms with van der Waals surface area (Å²) >= 11 is 0. The van der Waals surface area contributed by atoms with Gasteiger partial charge in [-0.3, -0.25) is 0 Å². The molecule has 0 amide bonds. The molecule has 0 aromatic heterocycles. The fourth-order valence-corrected chi connectivity index (χ4v) is 2.00. The van der Waals surface area contributed by atoms with Crippen LogP contribution in [0, 0.1) is 5.92 Å². The molecule has 1 saturated heterocycles. The Morgan fingerprint density at radius 2 is 1.88 bits per heavy atom. The van der Waals surface area contributed by atoms with Gasteiger partial charge < -0.3 is 10.2 Å². The molecular weight excluding hydrogens is 229 g/mol. The van der Waals surface area contributed by atoms with Crippen molar-refractivity contribution in [3.63, 3.8) is 0 Å². The Hall–Kier alpha value is -1.23. The van der Waals surface area contributed by atoms with E-state index in [9.17, 15) is 13.2 Å². The van der Waals surface area contributed by atoms with Crippen molar-refractivity contribution in [2.45, 2.75) is 6.18 Å². The predicted octanol–water partition coefficient (Wildman–Crippen LogP) is 2.27. The standard InChI is InChI=1S/C12H15F3N2/c13-12(14,15)10-8-16-6-7-17(9-10)11-4-2-1-3-5-11/h1-5,10,16H,6-9H2. The first-order valence-corrected chi connectivity index (χ1v) is 5.65. The monoisotopic (exact) mass is 244 g/mol. The number of benzene rings is 1. The van der Waals surface area contributed by atoms with Crippen molar-refractivity contribution in [2.24, 2.45) is 5.92 Å². The molecule has 1 N–H and O–H groups in total. The van der Waals surface area contributed by atoms with Gasteiger partial charge >= 0.3 is 6.18 Å². The van der Waals surface area contributed by atoms with Gasteiger partial charge in [-0.05, 0) is 12.1 Å². The van der Waals surface area contributed by atoms with Crippen molar-refractivity contribution in [1.82, 2.24) is 5.32 Å². The highest BCUT2D eigenvalue weighted by Gasteiger charge is 2.41. The van der Waals surface area contributed by atoms with Gasteiger partial charge in [0.2, 0.25) is 0 Å². The molecule has 0 aliphatic carbocycles. The summed E-state index contributed by atoms with van der Waals surface area (Å²) in [6.45, 7) is 1.23. The summed E-state index contributed by atoms with van der Waals surface area (Å²) in [7, 11) is 0. The van der Waals surface area contributed by atoms with Gasteiger partial charge in [0.25, 0.3) is 0 Å². The number of nitrogens with zero attached hydrogens (tertiary/aromatic N) is 1. The van der Waals surface area contributed by atoms with Gasteiger partial charge in [0.05, 0.1) is 5.92 Å². The molecule has 0 spiro atoms. The number of hydrogen-bond donors (Lipinski definition) is 1. The largest absolute Gasteiger partial charge is 0.394 e. The van der Waals surface area contributed by atoms with Gasteiger partial charge in [-0.1, -0.05) is 18.2 Å². The van der Waals surface area contributed by atoms with Crippen LogP contribution in [0.3, 0.4) is 0 Å². The second-order valence-electron chi connectivity index (χ2n) is 4.22. The Balaban J connectivity index is 2.13. The Morgan fingerprint density at radius 1 is 1.18 bits per heavy atom. The lowest BCUT2D eigenvalue weighted by Gasteiger charge is -2.27. The van der Waals surface area contributed by atoms with E-state index in [0.29, 0.717) is 13.1 Å². The van der Waals surface area contributed by atoms with Gasteiger partial charge in [0.15, 0.2) is 0 Å². The molecule has 1 fully saturated rings. The fourth-order valence-electron chi connectivity index (χ4n) is 2.00. The number of rotatable bonds is 1. The Labute approximate surface area is 98.4 Å². The van der Waals surface area contributed by atoms with E-state index < -0.39 is 12.1 Å². The molecular formula is C12H15F3N2. The molecule has 0 radical (unpaired) electrons. The molecule has 94 valence electrons. The Kier molecular flexibility index (Phi) is 3.57. The molecule has 17 heavy (non-hydrogen) atoms. The molecule has 1 aromatic carbocycles. The zero-order valence-electron chi connectivity index (χ0n) is 9.37. The summed E-state index contributed by atoms with van der Waals surface area (Å²) in [6, 6.07) is 9.24. The minimum absolute atomic E-state index is 0.00678. The highest BCUT2D eigenvalue weighted by atomic mass is 19.4. The smallest absolute Gasteiger partial charge is 0.370 e. The van der Waals surface area contributed by atoms with E-state index in [-0.39, 0.29) is 13.1 Å². The normalized spacial score (nSPS) is 22.3. The molecule has 2 nitrogen and oxygen atoms in total. The summed E-state index contributed by atoms with van der Waals surface area (Å²) in [5.41, 5.74) is 0.852. The van der Waals surface area contributed by atoms with E-state index >= 15 is 0 Å². The number of alkyl halides is 3. The van der Waals surface area contributed by atoms with E-state index in [4.69, 9.17) is 0 Å². The first-order valence-electron chi connectivity index (χ1n) is 5.65. The third-order valence-corrected chi connectivity index (χ3v) is 2.97. The van der Waals surface area contributed by atoms with Crippen LogP contribution in [-0.4, -0.2) is 32.4 Å². The maximum absolute atomic E-state index is 12.7. The van der Waals surface area contributed by atoms with Crippen molar-refractivity contribution in [1.29, 1.82) is 0 Å². The van der Waals surface area contributed by atoms with Crippen molar-refractivity contribution in [2.75, 3.05) is 31.1 Å². The topological polar surface area (TPSA) is 15.3 Å². The number of nitrogens with one attached hydrogen (secondary N) is 1. The molecule has 1 aliphatic heterocycles. The van der Waals surface area contributed by atoms with Crippen molar-refractivity contribution < 1.29 is 13.2 Å². The summed E-state index contributed by atoms with van der Waals surface area (Å²) in [5.74, 6) is -1.30. The van der Waals surface area contributed by atoms with Crippen LogP contribution in [0.15, 0.2) is 30.3 Å². The first-order chi connectivity index (χ1) is 8.07. The maximum atomic E-state index is 12.7. The van der Waals surface area contributed by atoms with Crippen molar-refractivity contribution in [3.8, 4) is 0 Å². The molecule has 0 saturated carbocycles. The fraction of sp³-hybridized carbons (Fsp3) is 0.500. The molecule has 2 rings (SSSR count). The summed E-state index contributed by atoms with van der Waals surface area (Å²) in [6.07, 6.45) is -4.13. The molecule has 1 atom stereocenters. The number of hydrogen-bond acceptors (Lipinski definition) is 2. The molecule has 1 heterocycles. The first kappa shape index (κ1) is 12.2. The zero-order chi connectivity index (χ0) is 12.3. The summed E-state index contributed by atoms with van der Waals surface area (Å²) < 4.78 is 38.2. The second-order valence-corrected chi connectivity index (χ2v) is 4.22. The Morgan fingerprint density at radius 3 is 2.53 bits per heavy atom. The van der Waals surface area contributed by atoms with Crippen LogP contribution < -0.4 is 10.2 Å². The van der Waals surface area contributed by atoms with Crippen LogP contribution in [0.4, 0.5) is 18.9 Å². The van der Waals surface area contributed by atoms with Crippen LogP contribution in [0.2, 0.25) is 0 Å². The number of halogens is 3. The third-order valence-electron chi connectivity index (χ3n) is 2.97. The van der Waals surface area contributed by atoms with E-state index in [0.717, 1.165) is 5.69 Å². The van der Waals surface area contributed by atoms with E-state index in [1.54, 1.807) is 4.90 Å². The summed E-state index contributed by atoms with van der Waals surface area (Å²) in [4.78, 5) is 1.79.